The Labute approximate surface area is 123 Å². The van der Waals surface area contributed by atoms with Gasteiger partial charge in [0.05, 0.1) is 0 Å². The summed E-state index contributed by atoms with van der Waals surface area (Å²) in [6.45, 7) is 6.09. The Hall–Kier alpha value is -2.61. The summed E-state index contributed by atoms with van der Waals surface area (Å²) in [6.07, 6.45) is 2.64. The topological polar surface area (TPSA) is 32.9 Å². The van der Waals surface area contributed by atoms with E-state index in [2.05, 4.69) is 18.5 Å². The second-order valence-corrected chi connectivity index (χ2v) is 5.12. The van der Waals surface area contributed by atoms with Gasteiger partial charge in [-0.05, 0) is 24.1 Å². The summed E-state index contributed by atoms with van der Waals surface area (Å²) >= 11 is 0. The maximum Gasteiger partial charge on any atom is 0.186 e. The Morgan fingerprint density at radius 2 is 1.86 bits per heavy atom. The average molecular weight is 275 g/mol. The molecule has 104 valence electrons. The third-order valence-corrected chi connectivity index (χ3v) is 3.75. The minimum atomic E-state index is 0.00676. The van der Waals surface area contributed by atoms with Crippen LogP contribution in [-0.4, -0.2) is 10.8 Å². The van der Waals surface area contributed by atoms with Crippen molar-refractivity contribution in [1.82, 2.24) is 4.98 Å². The molecular weight excluding hydrogens is 258 g/mol. The Morgan fingerprint density at radius 1 is 1.14 bits per heavy atom. The lowest BCUT2D eigenvalue weighted by molar-refractivity contribution is 0.106. The van der Waals surface area contributed by atoms with Gasteiger partial charge in [-0.3, -0.25) is 4.79 Å². The minimum absolute atomic E-state index is 0.00676. The van der Waals surface area contributed by atoms with E-state index in [-0.39, 0.29) is 5.78 Å². The number of Topliss-reactive ketones (excluding diaryl/α,β-unsaturated/α-hetero) is 1. The van der Waals surface area contributed by atoms with Crippen LogP contribution in [0.1, 0.15) is 22.8 Å². The highest BCUT2D eigenvalue weighted by Gasteiger charge is 2.04. The van der Waals surface area contributed by atoms with Gasteiger partial charge in [0.1, 0.15) is 0 Å². The quantitative estimate of drug-likeness (QED) is 0.733. The predicted octanol–water partition coefficient (Wildman–Crippen LogP) is 2.80. The van der Waals surface area contributed by atoms with Crippen molar-refractivity contribution in [3.05, 3.63) is 70.2 Å². The molecule has 0 aliphatic rings. The van der Waals surface area contributed by atoms with Gasteiger partial charge >= 0.3 is 0 Å². The Kier molecular flexibility index (Phi) is 3.44. The number of rotatable bonds is 3. The minimum Gasteiger partial charge on any atom is -0.355 e. The number of aromatic amines is 1. The fourth-order valence-electron chi connectivity index (χ4n) is 2.50. The summed E-state index contributed by atoms with van der Waals surface area (Å²) < 4.78 is 0. The van der Waals surface area contributed by atoms with E-state index in [0.29, 0.717) is 5.56 Å². The zero-order valence-corrected chi connectivity index (χ0v) is 12.0. The molecule has 0 aliphatic heterocycles. The molecule has 1 N–H and O–H groups in total. The number of fused-ring (bicyclic) bond motifs is 1. The summed E-state index contributed by atoms with van der Waals surface area (Å²) in [4.78, 5) is 15.6. The third kappa shape index (κ3) is 2.52. The monoisotopic (exact) mass is 275 g/mol. The van der Waals surface area contributed by atoms with Gasteiger partial charge < -0.3 is 4.98 Å². The third-order valence-electron chi connectivity index (χ3n) is 3.75. The van der Waals surface area contributed by atoms with Crippen LogP contribution in [0.3, 0.4) is 0 Å². The van der Waals surface area contributed by atoms with Gasteiger partial charge in [-0.25, -0.2) is 0 Å². The smallest absolute Gasteiger partial charge is 0.186 e. The summed E-state index contributed by atoms with van der Waals surface area (Å²) in [5, 5.41) is 2.67. The number of benzene rings is 2. The molecule has 0 fully saturated rings. The molecule has 0 saturated heterocycles. The van der Waals surface area contributed by atoms with E-state index < -0.39 is 0 Å². The highest BCUT2D eigenvalue weighted by molar-refractivity contribution is 6.18. The number of hydrogen-bond donors (Lipinski definition) is 1. The van der Waals surface area contributed by atoms with E-state index in [4.69, 9.17) is 0 Å². The van der Waals surface area contributed by atoms with Crippen LogP contribution >= 0.6 is 0 Å². The Balaban J connectivity index is 2.08. The molecule has 0 bridgehead atoms. The molecule has 0 radical (unpaired) electrons. The fourth-order valence-corrected chi connectivity index (χ4v) is 2.50. The van der Waals surface area contributed by atoms with Crippen molar-refractivity contribution in [2.75, 3.05) is 0 Å². The van der Waals surface area contributed by atoms with Gasteiger partial charge in [-0.15, -0.1) is 0 Å². The standard InChI is InChI=1S/C19H17NO/c1-3-14-8-10-15(11-9-14)19(21)12-17-13(2)20-18-7-5-4-6-16(17)18/h4-12,20H,2-3H2,1H3/b17-12+. The second kappa shape index (κ2) is 5.41. The first-order chi connectivity index (χ1) is 10.2. The lowest BCUT2D eigenvalue weighted by Crippen LogP contribution is -2.22. The maximum atomic E-state index is 12.4. The van der Waals surface area contributed by atoms with E-state index in [1.54, 1.807) is 6.08 Å². The fraction of sp³-hybridized carbons (Fsp3) is 0.105. The first-order valence-corrected chi connectivity index (χ1v) is 7.09. The summed E-state index contributed by atoms with van der Waals surface area (Å²) in [7, 11) is 0. The second-order valence-electron chi connectivity index (χ2n) is 5.12. The number of carbonyl (C=O) groups excluding carboxylic acids is 1. The molecule has 0 amide bonds. The molecule has 21 heavy (non-hydrogen) atoms. The molecule has 3 aromatic rings. The molecule has 0 unspecified atom stereocenters. The predicted molar refractivity (Wildman–Crippen MR) is 87.7 cm³/mol. The zero-order valence-electron chi connectivity index (χ0n) is 12.0. The van der Waals surface area contributed by atoms with E-state index in [0.717, 1.165) is 27.9 Å². The van der Waals surface area contributed by atoms with Crippen LogP contribution < -0.4 is 10.6 Å². The molecule has 2 aromatic carbocycles. The van der Waals surface area contributed by atoms with Gasteiger partial charge in [-0.2, -0.15) is 0 Å². The molecule has 1 aromatic heterocycles. The Bertz CT molecular complexity index is 901. The van der Waals surface area contributed by atoms with Crippen LogP contribution in [0, 0.1) is 0 Å². The van der Waals surface area contributed by atoms with Crippen molar-refractivity contribution in [3.8, 4) is 0 Å². The first-order valence-electron chi connectivity index (χ1n) is 7.09. The van der Waals surface area contributed by atoms with Crippen LogP contribution in [0.25, 0.3) is 23.6 Å². The number of aromatic nitrogens is 1. The van der Waals surface area contributed by atoms with E-state index in [1.807, 2.05) is 48.5 Å². The highest BCUT2D eigenvalue weighted by Crippen LogP contribution is 2.07. The van der Waals surface area contributed by atoms with Gasteiger partial charge in [0.25, 0.3) is 0 Å². The van der Waals surface area contributed by atoms with E-state index >= 15 is 0 Å². The SMILES string of the molecule is C=c1[nH]c2ccccc2/c1=C/C(=O)c1ccc(CC)cc1. The van der Waals surface area contributed by atoms with Crippen molar-refractivity contribution in [2.24, 2.45) is 0 Å². The highest BCUT2D eigenvalue weighted by atomic mass is 16.1. The summed E-state index contributed by atoms with van der Waals surface area (Å²) in [5.74, 6) is 0.00676. The van der Waals surface area contributed by atoms with Crippen molar-refractivity contribution in [1.29, 1.82) is 0 Å². The molecule has 2 heteroatoms. The lowest BCUT2D eigenvalue weighted by Gasteiger charge is -1.98. The van der Waals surface area contributed by atoms with Crippen LogP contribution in [-0.2, 0) is 6.42 Å². The van der Waals surface area contributed by atoms with Crippen molar-refractivity contribution < 1.29 is 4.79 Å². The lowest BCUT2D eigenvalue weighted by atomic mass is 10.1. The van der Waals surface area contributed by atoms with Crippen LogP contribution in [0.2, 0.25) is 0 Å². The molecule has 1 heterocycles. The van der Waals surface area contributed by atoms with E-state index in [9.17, 15) is 4.79 Å². The molecule has 0 spiro atoms. The molecule has 0 atom stereocenters. The summed E-state index contributed by atoms with van der Waals surface area (Å²) in [6, 6.07) is 15.7. The first kappa shape index (κ1) is 13.4. The van der Waals surface area contributed by atoms with Gasteiger partial charge in [0.15, 0.2) is 5.78 Å². The van der Waals surface area contributed by atoms with Crippen molar-refractivity contribution in [3.63, 3.8) is 0 Å². The van der Waals surface area contributed by atoms with Crippen LogP contribution in [0.15, 0.2) is 48.5 Å². The van der Waals surface area contributed by atoms with Crippen LogP contribution in [0.5, 0.6) is 0 Å². The normalized spacial score (nSPS) is 12.0. The van der Waals surface area contributed by atoms with E-state index in [1.165, 1.54) is 5.56 Å². The van der Waals surface area contributed by atoms with Crippen molar-refractivity contribution >= 4 is 29.3 Å². The van der Waals surface area contributed by atoms with Gasteiger partial charge in [-0.1, -0.05) is 56.0 Å². The largest absolute Gasteiger partial charge is 0.355 e. The van der Waals surface area contributed by atoms with Crippen LogP contribution in [0.4, 0.5) is 0 Å². The molecular formula is C19H17NO. The number of carbonyl (C=O) groups is 1. The van der Waals surface area contributed by atoms with Gasteiger partial charge in [0.2, 0.25) is 0 Å². The molecule has 0 saturated carbocycles. The number of H-pyrrole nitrogens is 1. The maximum absolute atomic E-state index is 12.4. The number of hydrogen-bond acceptors (Lipinski definition) is 1. The zero-order chi connectivity index (χ0) is 14.8. The average Bonchev–Trinajstić information content (AvgIpc) is 2.83. The Morgan fingerprint density at radius 3 is 2.57 bits per heavy atom. The molecule has 3 rings (SSSR count). The number of nitrogens with one attached hydrogen (secondary N) is 1. The summed E-state index contributed by atoms with van der Waals surface area (Å²) in [5.41, 5.74) is 2.94. The van der Waals surface area contributed by atoms with Gasteiger partial charge in [0, 0.05) is 27.0 Å². The molecule has 2 nitrogen and oxygen atoms in total. The molecule has 0 aliphatic carbocycles. The van der Waals surface area contributed by atoms with Crippen molar-refractivity contribution in [2.45, 2.75) is 13.3 Å². The number of aryl methyl sites for hydroxylation is 1. The number of para-hydroxylation sites is 1. The number of ketones is 1.